The summed E-state index contributed by atoms with van der Waals surface area (Å²) in [4.78, 5) is 11.4. The fourth-order valence-corrected chi connectivity index (χ4v) is 1.25. The third-order valence-corrected chi connectivity index (χ3v) is 1.80. The van der Waals surface area contributed by atoms with Crippen LogP contribution in [0.1, 0.15) is 37.7 Å². The first-order valence-corrected chi connectivity index (χ1v) is 4.96. The zero-order valence-corrected chi connectivity index (χ0v) is 9.28. The first-order chi connectivity index (χ1) is 7.09. The van der Waals surface area contributed by atoms with Crippen molar-refractivity contribution in [2.75, 3.05) is 0 Å². The Labute approximate surface area is 89.4 Å². The zero-order chi connectivity index (χ0) is 11.3. The molecule has 1 heterocycles. The average Bonchev–Trinajstić information content (AvgIpc) is 2.65. The van der Waals surface area contributed by atoms with Gasteiger partial charge in [0.2, 0.25) is 0 Å². The first-order valence-electron chi connectivity index (χ1n) is 4.96. The summed E-state index contributed by atoms with van der Waals surface area (Å²) in [6, 6.07) is 3.27. The van der Waals surface area contributed by atoms with Gasteiger partial charge in [-0.15, -0.1) is 0 Å². The molecule has 0 fully saturated rings. The molecular formula is C11H16N2O2. The first kappa shape index (κ1) is 11.5. The Hall–Kier alpha value is -1.58. The SMILES string of the molecule is C/C(CC(C)C)=N/NC(=O)c1ccco1. The van der Waals surface area contributed by atoms with E-state index in [9.17, 15) is 4.79 Å². The molecule has 1 amide bonds. The summed E-state index contributed by atoms with van der Waals surface area (Å²) in [5.74, 6) is 0.494. The predicted molar refractivity (Wildman–Crippen MR) is 58.7 cm³/mol. The highest BCUT2D eigenvalue weighted by atomic mass is 16.3. The van der Waals surface area contributed by atoms with Crippen LogP contribution in [0.25, 0.3) is 0 Å². The molecule has 0 unspecified atom stereocenters. The van der Waals surface area contributed by atoms with Crippen molar-refractivity contribution < 1.29 is 9.21 Å². The smallest absolute Gasteiger partial charge is 0.307 e. The number of furan rings is 1. The van der Waals surface area contributed by atoms with Gasteiger partial charge in [-0.2, -0.15) is 5.10 Å². The summed E-state index contributed by atoms with van der Waals surface area (Å²) in [5, 5.41) is 3.98. The summed E-state index contributed by atoms with van der Waals surface area (Å²) in [5.41, 5.74) is 3.35. The second-order valence-corrected chi connectivity index (χ2v) is 3.86. The Morgan fingerprint density at radius 2 is 2.33 bits per heavy atom. The van der Waals surface area contributed by atoms with Crippen molar-refractivity contribution in [3.8, 4) is 0 Å². The topological polar surface area (TPSA) is 54.6 Å². The molecule has 0 radical (unpaired) electrons. The monoisotopic (exact) mass is 208 g/mol. The molecule has 4 heteroatoms. The van der Waals surface area contributed by atoms with Crippen LogP contribution in [0, 0.1) is 5.92 Å². The minimum Gasteiger partial charge on any atom is -0.459 e. The van der Waals surface area contributed by atoms with Crippen LogP contribution in [-0.2, 0) is 0 Å². The second kappa shape index (κ2) is 5.34. The van der Waals surface area contributed by atoms with E-state index in [0.29, 0.717) is 5.92 Å². The number of hydrogen-bond acceptors (Lipinski definition) is 3. The van der Waals surface area contributed by atoms with Gasteiger partial charge in [-0.1, -0.05) is 13.8 Å². The molecule has 0 aliphatic carbocycles. The van der Waals surface area contributed by atoms with Crippen LogP contribution in [0.3, 0.4) is 0 Å². The molecule has 0 aromatic carbocycles. The highest BCUT2D eigenvalue weighted by molar-refractivity contribution is 5.92. The predicted octanol–water partition coefficient (Wildman–Crippen LogP) is 2.43. The average molecular weight is 208 g/mol. The third kappa shape index (κ3) is 3.97. The van der Waals surface area contributed by atoms with Crippen LogP contribution in [0.2, 0.25) is 0 Å². The maximum atomic E-state index is 11.4. The molecule has 82 valence electrons. The molecule has 0 bridgehead atoms. The number of carbonyl (C=O) groups excluding carboxylic acids is 1. The van der Waals surface area contributed by atoms with Crippen molar-refractivity contribution in [2.24, 2.45) is 11.0 Å². The molecule has 1 rings (SSSR count). The Morgan fingerprint density at radius 1 is 1.60 bits per heavy atom. The van der Waals surface area contributed by atoms with Crippen LogP contribution < -0.4 is 5.43 Å². The number of rotatable bonds is 4. The standard InChI is InChI=1S/C11H16N2O2/c1-8(2)7-9(3)12-13-11(14)10-5-4-6-15-10/h4-6,8H,7H2,1-3H3,(H,13,14)/b12-9-. The van der Waals surface area contributed by atoms with Crippen molar-refractivity contribution in [2.45, 2.75) is 27.2 Å². The molecule has 4 nitrogen and oxygen atoms in total. The molecule has 1 aromatic heterocycles. The Balaban J connectivity index is 2.46. The molecule has 0 saturated heterocycles. The van der Waals surface area contributed by atoms with E-state index in [1.54, 1.807) is 12.1 Å². The quantitative estimate of drug-likeness (QED) is 0.610. The Morgan fingerprint density at radius 3 is 2.87 bits per heavy atom. The van der Waals surface area contributed by atoms with Crippen LogP contribution in [0.5, 0.6) is 0 Å². The van der Waals surface area contributed by atoms with Gasteiger partial charge in [0.05, 0.1) is 6.26 Å². The van der Waals surface area contributed by atoms with E-state index in [4.69, 9.17) is 4.42 Å². The molecule has 0 spiro atoms. The van der Waals surface area contributed by atoms with E-state index in [1.165, 1.54) is 6.26 Å². The highest BCUT2D eigenvalue weighted by Gasteiger charge is 2.06. The Bertz CT molecular complexity index is 339. The normalized spacial score (nSPS) is 11.9. The van der Waals surface area contributed by atoms with E-state index in [2.05, 4.69) is 24.4 Å². The summed E-state index contributed by atoms with van der Waals surface area (Å²) < 4.78 is 4.93. The van der Waals surface area contributed by atoms with Gasteiger partial charge in [0.1, 0.15) is 0 Å². The van der Waals surface area contributed by atoms with Crippen molar-refractivity contribution in [3.63, 3.8) is 0 Å². The highest BCUT2D eigenvalue weighted by Crippen LogP contribution is 2.02. The van der Waals surface area contributed by atoms with Crippen molar-refractivity contribution >= 4 is 11.6 Å². The van der Waals surface area contributed by atoms with Crippen molar-refractivity contribution in [1.29, 1.82) is 0 Å². The van der Waals surface area contributed by atoms with E-state index in [1.807, 2.05) is 6.92 Å². The lowest BCUT2D eigenvalue weighted by Crippen LogP contribution is -2.18. The number of carbonyl (C=O) groups is 1. The van der Waals surface area contributed by atoms with Gasteiger partial charge in [-0.3, -0.25) is 4.79 Å². The number of nitrogens with zero attached hydrogens (tertiary/aromatic N) is 1. The van der Waals surface area contributed by atoms with Gasteiger partial charge in [-0.05, 0) is 31.4 Å². The number of hydrazone groups is 1. The minimum atomic E-state index is -0.317. The maximum Gasteiger partial charge on any atom is 0.307 e. The largest absolute Gasteiger partial charge is 0.459 e. The van der Waals surface area contributed by atoms with Gasteiger partial charge in [0, 0.05) is 5.71 Å². The van der Waals surface area contributed by atoms with Gasteiger partial charge < -0.3 is 4.42 Å². The fourth-order valence-electron chi connectivity index (χ4n) is 1.25. The molecule has 1 N–H and O–H groups in total. The lowest BCUT2D eigenvalue weighted by molar-refractivity contribution is 0.0927. The van der Waals surface area contributed by atoms with Crippen molar-refractivity contribution in [3.05, 3.63) is 24.2 Å². The minimum absolute atomic E-state index is 0.274. The lowest BCUT2D eigenvalue weighted by atomic mass is 10.1. The van der Waals surface area contributed by atoms with Crippen LogP contribution in [-0.4, -0.2) is 11.6 Å². The summed E-state index contributed by atoms with van der Waals surface area (Å²) in [6.45, 7) is 6.10. The molecule has 0 saturated carbocycles. The Kier molecular flexibility index (Phi) is 4.09. The number of nitrogens with one attached hydrogen (secondary N) is 1. The van der Waals surface area contributed by atoms with Gasteiger partial charge in [0.25, 0.3) is 0 Å². The number of amides is 1. The van der Waals surface area contributed by atoms with Crippen LogP contribution >= 0.6 is 0 Å². The maximum absolute atomic E-state index is 11.4. The molecule has 15 heavy (non-hydrogen) atoms. The van der Waals surface area contributed by atoms with Crippen LogP contribution in [0.4, 0.5) is 0 Å². The second-order valence-electron chi connectivity index (χ2n) is 3.86. The molecule has 0 aliphatic rings. The van der Waals surface area contributed by atoms with E-state index >= 15 is 0 Å². The van der Waals surface area contributed by atoms with E-state index in [-0.39, 0.29) is 11.7 Å². The van der Waals surface area contributed by atoms with Gasteiger partial charge in [-0.25, -0.2) is 5.43 Å². The third-order valence-electron chi connectivity index (χ3n) is 1.80. The van der Waals surface area contributed by atoms with E-state index < -0.39 is 0 Å². The summed E-state index contributed by atoms with van der Waals surface area (Å²) in [6.07, 6.45) is 2.33. The molecular weight excluding hydrogens is 192 g/mol. The van der Waals surface area contributed by atoms with Crippen molar-refractivity contribution in [1.82, 2.24) is 5.43 Å². The summed E-state index contributed by atoms with van der Waals surface area (Å²) >= 11 is 0. The van der Waals surface area contributed by atoms with Crippen LogP contribution in [0.15, 0.2) is 27.9 Å². The summed E-state index contributed by atoms with van der Waals surface area (Å²) in [7, 11) is 0. The zero-order valence-electron chi connectivity index (χ0n) is 9.28. The lowest BCUT2D eigenvalue weighted by Gasteiger charge is -2.03. The molecule has 0 aliphatic heterocycles. The molecule has 1 aromatic rings. The van der Waals surface area contributed by atoms with Gasteiger partial charge in [0.15, 0.2) is 5.76 Å². The number of hydrogen-bond donors (Lipinski definition) is 1. The van der Waals surface area contributed by atoms with Gasteiger partial charge >= 0.3 is 5.91 Å². The van der Waals surface area contributed by atoms with E-state index in [0.717, 1.165) is 12.1 Å². The molecule has 0 atom stereocenters. The fraction of sp³-hybridized carbons (Fsp3) is 0.455.